The molecule has 0 saturated heterocycles. The van der Waals surface area contributed by atoms with Gasteiger partial charge in [0.2, 0.25) is 5.91 Å². The van der Waals surface area contributed by atoms with E-state index in [0.29, 0.717) is 38.9 Å². The lowest BCUT2D eigenvalue weighted by Crippen LogP contribution is -2.45. The van der Waals surface area contributed by atoms with E-state index in [0.717, 1.165) is 36.0 Å². The number of carbonyl (C=O) groups excluding carboxylic acids is 3. The summed E-state index contributed by atoms with van der Waals surface area (Å²) < 4.78 is 5.97. The minimum absolute atomic E-state index is 0.0477. The van der Waals surface area contributed by atoms with E-state index in [2.05, 4.69) is 20.9 Å². The van der Waals surface area contributed by atoms with Gasteiger partial charge in [0.1, 0.15) is 21.2 Å². The summed E-state index contributed by atoms with van der Waals surface area (Å²) in [6.07, 6.45) is 5.00. The second kappa shape index (κ2) is 10.6. The second-order valence-electron chi connectivity index (χ2n) is 10.2. The maximum absolute atomic E-state index is 13.5. The van der Waals surface area contributed by atoms with Crippen molar-refractivity contribution in [2.75, 3.05) is 10.2 Å². The number of para-hydroxylation sites is 1. The van der Waals surface area contributed by atoms with E-state index in [1.807, 2.05) is 55.5 Å². The lowest BCUT2D eigenvalue weighted by atomic mass is 9.91. The highest BCUT2D eigenvalue weighted by Crippen LogP contribution is 2.46. The number of pyridine rings is 1. The fourth-order valence-electron chi connectivity index (χ4n) is 5.54. The number of aryl methyl sites for hydroxylation is 1. The molecule has 1 saturated carbocycles. The molecule has 4 amide bonds. The summed E-state index contributed by atoms with van der Waals surface area (Å²) in [5, 5.41) is 9.79. The van der Waals surface area contributed by atoms with Gasteiger partial charge < -0.3 is 20.7 Å². The fourth-order valence-corrected chi connectivity index (χ4v) is 6.56. The number of nitrogens with zero attached hydrogens (tertiary/aromatic N) is 2. The molecule has 1 aliphatic heterocycles. The van der Waals surface area contributed by atoms with Gasteiger partial charge in [0.15, 0.2) is 0 Å². The highest BCUT2D eigenvalue weighted by molar-refractivity contribution is 7.21. The number of anilines is 3. The number of hydrogen-bond donors (Lipinski definition) is 3. The first-order valence-electron chi connectivity index (χ1n) is 13.3. The first-order valence-corrected chi connectivity index (χ1v) is 14.1. The van der Waals surface area contributed by atoms with Crippen LogP contribution in [0.3, 0.4) is 0 Å². The third kappa shape index (κ3) is 4.98. The number of aromatic nitrogens is 1. The molecule has 2 aromatic heterocycles. The molecule has 1 aliphatic carbocycles. The van der Waals surface area contributed by atoms with Gasteiger partial charge in [0.25, 0.3) is 5.91 Å². The fraction of sp³-hybridized carbons (Fsp3) is 0.267. The number of rotatable bonds is 6. The van der Waals surface area contributed by atoms with Crippen molar-refractivity contribution in [1.29, 1.82) is 0 Å². The zero-order chi connectivity index (χ0) is 27.8. The number of amides is 4. The molecule has 0 spiro atoms. The lowest BCUT2D eigenvalue weighted by molar-refractivity contribution is -0.119. The zero-order valence-electron chi connectivity index (χ0n) is 22.2. The molecule has 3 heterocycles. The number of nitrogens with one attached hydrogen (secondary N) is 3. The Labute approximate surface area is 235 Å². The Hall–Kier alpha value is -4.44. The van der Waals surface area contributed by atoms with Crippen molar-refractivity contribution in [1.82, 2.24) is 15.6 Å². The van der Waals surface area contributed by atoms with Crippen LogP contribution in [0.4, 0.5) is 21.9 Å². The average molecular weight is 556 g/mol. The van der Waals surface area contributed by atoms with E-state index >= 15 is 0 Å². The highest BCUT2D eigenvalue weighted by atomic mass is 32.1. The van der Waals surface area contributed by atoms with Crippen molar-refractivity contribution in [2.24, 2.45) is 0 Å². The third-order valence-corrected chi connectivity index (χ3v) is 8.35. The van der Waals surface area contributed by atoms with Gasteiger partial charge in [0, 0.05) is 25.2 Å². The number of urea groups is 1. The molecule has 1 unspecified atom stereocenters. The van der Waals surface area contributed by atoms with E-state index in [9.17, 15) is 14.4 Å². The van der Waals surface area contributed by atoms with Gasteiger partial charge in [0.05, 0.1) is 22.4 Å². The van der Waals surface area contributed by atoms with Gasteiger partial charge >= 0.3 is 6.03 Å². The maximum Gasteiger partial charge on any atom is 0.331 e. The third-order valence-electron chi connectivity index (χ3n) is 7.26. The summed E-state index contributed by atoms with van der Waals surface area (Å²) in [6.45, 7) is 3.44. The normalized spacial score (nSPS) is 18.2. The molecule has 0 bridgehead atoms. The molecule has 4 aromatic rings. The summed E-state index contributed by atoms with van der Waals surface area (Å²) in [5.41, 5.74) is 2.72. The topological polar surface area (TPSA) is 113 Å². The van der Waals surface area contributed by atoms with Gasteiger partial charge in [-0.05, 0) is 74.6 Å². The molecule has 2 aliphatic rings. The zero-order valence-corrected chi connectivity index (χ0v) is 23.0. The van der Waals surface area contributed by atoms with Crippen LogP contribution in [0.2, 0.25) is 0 Å². The van der Waals surface area contributed by atoms with Gasteiger partial charge in [-0.2, -0.15) is 0 Å². The van der Waals surface area contributed by atoms with Gasteiger partial charge in [-0.15, -0.1) is 11.3 Å². The minimum atomic E-state index is -0.351. The standard InChI is InChI=1S/C30H29N5O4S/c1-17-15-22(39-21-9-4-3-5-10-21)11-12-23(17)35-24-13-14-31-29-25(24)26(34-30(35)38)27(40-29)28(37)33-20-8-6-7-19(16-20)32-18(2)36/h3-5,9-15,19-20H,6-8,16H2,1-2H3,(H,32,36)(H,33,37)(H,34,38)/t19?,20-/m0/s1. The van der Waals surface area contributed by atoms with Crippen LogP contribution in [-0.4, -0.2) is 34.9 Å². The Morgan fingerprint density at radius 1 is 1.02 bits per heavy atom. The Kier molecular flexibility index (Phi) is 6.85. The predicted octanol–water partition coefficient (Wildman–Crippen LogP) is 6.26. The van der Waals surface area contributed by atoms with Crippen LogP contribution in [0.15, 0.2) is 60.8 Å². The maximum atomic E-state index is 13.5. The van der Waals surface area contributed by atoms with Crippen LogP contribution in [0.5, 0.6) is 11.5 Å². The van der Waals surface area contributed by atoms with E-state index in [4.69, 9.17) is 4.74 Å². The van der Waals surface area contributed by atoms with Crippen LogP contribution in [0.1, 0.15) is 47.8 Å². The smallest absolute Gasteiger partial charge is 0.331 e. The molecular weight excluding hydrogens is 526 g/mol. The Morgan fingerprint density at radius 2 is 1.80 bits per heavy atom. The first kappa shape index (κ1) is 25.8. The summed E-state index contributed by atoms with van der Waals surface area (Å²) in [7, 11) is 0. The van der Waals surface area contributed by atoms with E-state index in [1.54, 1.807) is 17.2 Å². The number of carbonyl (C=O) groups is 3. The molecule has 1 fully saturated rings. The molecule has 9 nitrogen and oxygen atoms in total. The molecule has 2 aromatic carbocycles. The number of benzene rings is 2. The van der Waals surface area contributed by atoms with Crippen molar-refractivity contribution in [3.8, 4) is 11.5 Å². The number of thiophene rings is 1. The highest BCUT2D eigenvalue weighted by Gasteiger charge is 2.34. The van der Waals surface area contributed by atoms with Crippen molar-refractivity contribution in [2.45, 2.75) is 51.6 Å². The number of hydrogen-bond acceptors (Lipinski definition) is 6. The monoisotopic (exact) mass is 555 g/mol. The molecular formula is C30H29N5O4S. The van der Waals surface area contributed by atoms with E-state index < -0.39 is 0 Å². The second-order valence-corrected chi connectivity index (χ2v) is 11.2. The lowest BCUT2D eigenvalue weighted by Gasteiger charge is -2.31. The molecule has 2 atom stereocenters. The Bertz CT molecular complexity index is 1620. The van der Waals surface area contributed by atoms with E-state index in [1.165, 1.54) is 18.3 Å². The van der Waals surface area contributed by atoms with Crippen molar-refractivity contribution in [3.05, 3.63) is 71.2 Å². The van der Waals surface area contributed by atoms with Crippen LogP contribution in [-0.2, 0) is 4.79 Å². The summed E-state index contributed by atoms with van der Waals surface area (Å²) in [5.74, 6) is 1.09. The quantitative estimate of drug-likeness (QED) is 0.260. The van der Waals surface area contributed by atoms with Crippen molar-refractivity contribution < 1.29 is 19.1 Å². The Balaban J connectivity index is 1.28. The number of ether oxygens (including phenoxy) is 1. The molecule has 6 rings (SSSR count). The summed E-state index contributed by atoms with van der Waals surface area (Å²) in [6, 6.07) is 16.6. The largest absolute Gasteiger partial charge is 0.457 e. The summed E-state index contributed by atoms with van der Waals surface area (Å²) in [4.78, 5) is 45.7. The van der Waals surface area contributed by atoms with E-state index in [-0.39, 0.29) is 29.9 Å². The summed E-state index contributed by atoms with van der Waals surface area (Å²) >= 11 is 1.26. The Morgan fingerprint density at radius 3 is 2.55 bits per heavy atom. The molecule has 40 heavy (non-hydrogen) atoms. The minimum Gasteiger partial charge on any atom is -0.457 e. The van der Waals surface area contributed by atoms with Crippen LogP contribution in [0.25, 0.3) is 10.2 Å². The molecule has 204 valence electrons. The average Bonchev–Trinajstić information content (AvgIpc) is 3.29. The van der Waals surface area contributed by atoms with Crippen LogP contribution < -0.4 is 25.6 Å². The SMILES string of the molecule is CC(=O)NC1CCC[C@H](NC(=O)c2sc3nccc4c3c2NC(=O)N4c2ccc(Oc3ccccc3)cc2C)C1. The van der Waals surface area contributed by atoms with Crippen molar-refractivity contribution >= 4 is 56.5 Å². The van der Waals surface area contributed by atoms with Gasteiger partial charge in [-0.1, -0.05) is 18.2 Å². The predicted molar refractivity (Wildman–Crippen MR) is 156 cm³/mol. The van der Waals surface area contributed by atoms with Crippen LogP contribution in [0, 0.1) is 6.92 Å². The molecule has 0 radical (unpaired) electrons. The first-order chi connectivity index (χ1) is 19.4. The van der Waals surface area contributed by atoms with Crippen LogP contribution >= 0.6 is 11.3 Å². The molecule has 3 N–H and O–H groups in total. The molecule has 10 heteroatoms. The van der Waals surface area contributed by atoms with Gasteiger partial charge in [-0.3, -0.25) is 14.5 Å². The van der Waals surface area contributed by atoms with Gasteiger partial charge in [-0.25, -0.2) is 9.78 Å². The van der Waals surface area contributed by atoms with Crippen molar-refractivity contribution in [3.63, 3.8) is 0 Å².